The highest BCUT2D eigenvalue weighted by atomic mass is 32.2. The van der Waals surface area contributed by atoms with Crippen molar-refractivity contribution >= 4 is 15.7 Å². The normalized spacial score (nSPS) is 14.5. The van der Waals surface area contributed by atoms with Crippen LogP contribution in [-0.2, 0) is 22.9 Å². The largest absolute Gasteiger partial charge is 0.266 e. The molecule has 0 unspecified atom stereocenters. The van der Waals surface area contributed by atoms with E-state index in [1.54, 1.807) is 16.4 Å². The van der Waals surface area contributed by atoms with Gasteiger partial charge in [-0.15, -0.1) is 0 Å². The second-order valence-electron chi connectivity index (χ2n) is 6.56. The third-order valence-corrected chi connectivity index (χ3v) is 6.47. The molecule has 4 heteroatoms. The Bertz CT molecular complexity index is 810. The van der Waals surface area contributed by atoms with Crippen molar-refractivity contribution in [2.24, 2.45) is 0 Å². The molecule has 1 heterocycles. The molecular weight excluding hydrogens is 318 g/mol. The fraction of sp³-hybridized carbons (Fsp3) is 0.400. The van der Waals surface area contributed by atoms with Crippen LogP contribution in [-0.4, -0.2) is 15.0 Å². The zero-order valence-electron chi connectivity index (χ0n) is 14.5. The number of anilines is 1. The van der Waals surface area contributed by atoms with Gasteiger partial charge in [-0.2, -0.15) is 0 Å². The predicted molar refractivity (Wildman–Crippen MR) is 99.1 cm³/mol. The highest BCUT2D eigenvalue weighted by molar-refractivity contribution is 7.92. The van der Waals surface area contributed by atoms with Crippen molar-refractivity contribution in [2.75, 3.05) is 10.8 Å². The Labute approximate surface area is 145 Å². The Kier molecular flexibility index (Phi) is 4.95. The Hall–Kier alpha value is -1.81. The van der Waals surface area contributed by atoms with Gasteiger partial charge in [-0.3, -0.25) is 4.31 Å². The minimum absolute atomic E-state index is 0.385. The van der Waals surface area contributed by atoms with Gasteiger partial charge >= 0.3 is 0 Å². The summed E-state index contributed by atoms with van der Waals surface area (Å²) in [5, 5.41) is 0. The van der Waals surface area contributed by atoms with Crippen molar-refractivity contribution in [1.29, 1.82) is 0 Å². The van der Waals surface area contributed by atoms with Crippen LogP contribution >= 0.6 is 0 Å². The molecule has 0 aliphatic carbocycles. The minimum atomic E-state index is -3.49. The van der Waals surface area contributed by atoms with E-state index in [-0.39, 0.29) is 0 Å². The number of rotatable bonds is 5. The Morgan fingerprint density at radius 1 is 1.08 bits per heavy atom. The van der Waals surface area contributed by atoms with Gasteiger partial charge in [-0.1, -0.05) is 43.2 Å². The van der Waals surface area contributed by atoms with Gasteiger partial charge < -0.3 is 0 Å². The maximum atomic E-state index is 13.1. The molecule has 2 aromatic carbocycles. The summed E-state index contributed by atoms with van der Waals surface area (Å²) in [6, 6.07) is 13.4. The summed E-state index contributed by atoms with van der Waals surface area (Å²) in [5.74, 6) is 0. The number of sulfonamides is 1. The summed E-state index contributed by atoms with van der Waals surface area (Å²) >= 11 is 0. The van der Waals surface area contributed by atoms with Crippen molar-refractivity contribution < 1.29 is 8.42 Å². The molecule has 1 aliphatic heterocycles. The first-order valence-corrected chi connectivity index (χ1v) is 10.2. The summed E-state index contributed by atoms with van der Waals surface area (Å²) in [4.78, 5) is 0.385. The molecule has 0 N–H and O–H groups in total. The van der Waals surface area contributed by atoms with Crippen LogP contribution in [0.5, 0.6) is 0 Å². The van der Waals surface area contributed by atoms with Crippen LogP contribution in [0.1, 0.15) is 42.9 Å². The van der Waals surface area contributed by atoms with Gasteiger partial charge in [0.05, 0.1) is 10.6 Å². The van der Waals surface area contributed by atoms with E-state index in [4.69, 9.17) is 0 Å². The average Bonchev–Trinajstić information content (AvgIpc) is 2.59. The lowest BCUT2D eigenvalue weighted by Gasteiger charge is -2.30. The van der Waals surface area contributed by atoms with Crippen molar-refractivity contribution in [3.05, 3.63) is 59.2 Å². The van der Waals surface area contributed by atoms with Crippen LogP contribution in [0.3, 0.4) is 0 Å². The van der Waals surface area contributed by atoms with Crippen LogP contribution in [0.4, 0.5) is 5.69 Å². The van der Waals surface area contributed by atoms with E-state index in [0.717, 1.165) is 43.4 Å². The van der Waals surface area contributed by atoms with Gasteiger partial charge in [0.2, 0.25) is 0 Å². The predicted octanol–water partition coefficient (Wildman–Crippen LogP) is 4.48. The summed E-state index contributed by atoms with van der Waals surface area (Å²) in [5.41, 5.74) is 4.34. The number of hydrogen-bond donors (Lipinski definition) is 0. The van der Waals surface area contributed by atoms with Crippen LogP contribution in [0.25, 0.3) is 0 Å². The minimum Gasteiger partial charge on any atom is -0.266 e. The molecule has 3 rings (SSSR count). The van der Waals surface area contributed by atoms with E-state index < -0.39 is 10.0 Å². The fourth-order valence-corrected chi connectivity index (χ4v) is 4.82. The zero-order valence-corrected chi connectivity index (χ0v) is 15.3. The molecule has 3 nitrogen and oxygen atoms in total. The molecule has 0 radical (unpaired) electrons. The molecule has 0 aromatic heterocycles. The van der Waals surface area contributed by atoms with Crippen LogP contribution in [0, 0.1) is 6.92 Å². The maximum absolute atomic E-state index is 13.1. The fourth-order valence-electron chi connectivity index (χ4n) is 3.28. The molecule has 0 atom stereocenters. The highest BCUT2D eigenvalue weighted by Crippen LogP contribution is 2.32. The number of hydrogen-bond acceptors (Lipinski definition) is 2. The van der Waals surface area contributed by atoms with Crippen LogP contribution < -0.4 is 4.31 Å². The van der Waals surface area contributed by atoms with Crippen molar-refractivity contribution in [1.82, 2.24) is 0 Å². The number of aryl methyl sites for hydroxylation is 3. The molecule has 0 spiro atoms. The number of fused-ring (bicyclic) bond motifs is 1. The lowest BCUT2D eigenvalue weighted by atomic mass is 10.0. The monoisotopic (exact) mass is 343 g/mol. The molecule has 0 saturated heterocycles. The Morgan fingerprint density at radius 3 is 2.54 bits per heavy atom. The van der Waals surface area contributed by atoms with Gasteiger partial charge in [0.1, 0.15) is 0 Å². The van der Waals surface area contributed by atoms with E-state index in [0.29, 0.717) is 11.4 Å². The molecule has 0 saturated carbocycles. The third-order valence-electron chi connectivity index (χ3n) is 4.64. The van der Waals surface area contributed by atoms with Gasteiger partial charge in [-0.05, 0) is 61.9 Å². The molecule has 0 fully saturated rings. The summed E-state index contributed by atoms with van der Waals surface area (Å²) < 4.78 is 27.7. The van der Waals surface area contributed by atoms with E-state index >= 15 is 0 Å². The van der Waals surface area contributed by atoms with Crippen molar-refractivity contribution in [2.45, 2.75) is 50.8 Å². The van der Waals surface area contributed by atoms with Gasteiger partial charge in [0.25, 0.3) is 10.0 Å². The van der Waals surface area contributed by atoms with Crippen molar-refractivity contribution in [3.63, 3.8) is 0 Å². The van der Waals surface area contributed by atoms with E-state index in [9.17, 15) is 8.42 Å². The molecule has 2 aromatic rings. The van der Waals surface area contributed by atoms with E-state index in [1.165, 1.54) is 11.1 Å². The average molecular weight is 343 g/mol. The first-order chi connectivity index (χ1) is 11.5. The Balaban J connectivity index is 1.91. The van der Waals surface area contributed by atoms with Crippen molar-refractivity contribution in [3.8, 4) is 0 Å². The lowest BCUT2D eigenvalue weighted by Crippen LogP contribution is -2.35. The van der Waals surface area contributed by atoms with Gasteiger partial charge in [0, 0.05) is 6.54 Å². The number of unbranched alkanes of at least 4 members (excludes halogenated alkanes) is 1. The number of benzene rings is 2. The maximum Gasteiger partial charge on any atom is 0.264 e. The molecule has 1 aliphatic rings. The highest BCUT2D eigenvalue weighted by Gasteiger charge is 2.28. The Morgan fingerprint density at radius 2 is 1.83 bits per heavy atom. The molecule has 0 bridgehead atoms. The SMILES string of the molecule is CCCCc1ccc(S(=O)(=O)N2CCCc3cc(C)ccc32)cc1. The zero-order chi connectivity index (χ0) is 17.2. The summed E-state index contributed by atoms with van der Waals surface area (Å²) in [6.07, 6.45) is 5.08. The summed E-state index contributed by atoms with van der Waals surface area (Å²) in [7, 11) is -3.49. The van der Waals surface area contributed by atoms with Crippen LogP contribution in [0.15, 0.2) is 47.4 Å². The summed E-state index contributed by atoms with van der Waals surface area (Å²) in [6.45, 7) is 4.76. The van der Waals surface area contributed by atoms with E-state index in [1.807, 2.05) is 31.2 Å². The van der Waals surface area contributed by atoms with Gasteiger partial charge in [0.15, 0.2) is 0 Å². The smallest absolute Gasteiger partial charge is 0.264 e. The van der Waals surface area contributed by atoms with E-state index in [2.05, 4.69) is 13.0 Å². The quantitative estimate of drug-likeness (QED) is 0.803. The topological polar surface area (TPSA) is 37.4 Å². The number of nitrogens with zero attached hydrogens (tertiary/aromatic N) is 1. The lowest BCUT2D eigenvalue weighted by molar-refractivity contribution is 0.586. The second kappa shape index (κ2) is 6.98. The molecule has 128 valence electrons. The standard InChI is InChI=1S/C20H25NO2S/c1-3-4-6-17-9-11-19(12-10-17)24(22,23)21-14-5-7-18-15-16(2)8-13-20(18)21/h8-13,15H,3-7,14H2,1-2H3. The first-order valence-electron chi connectivity index (χ1n) is 8.73. The molecular formula is C20H25NO2S. The molecule has 0 amide bonds. The third kappa shape index (κ3) is 3.34. The van der Waals surface area contributed by atoms with Crippen LogP contribution in [0.2, 0.25) is 0 Å². The first kappa shape index (κ1) is 17.0. The second-order valence-corrected chi connectivity index (χ2v) is 8.42. The molecule has 24 heavy (non-hydrogen) atoms. The van der Waals surface area contributed by atoms with Gasteiger partial charge in [-0.25, -0.2) is 8.42 Å².